The molecule has 0 aromatic carbocycles. The fourth-order valence-corrected chi connectivity index (χ4v) is 2.91. The van der Waals surface area contributed by atoms with Crippen molar-refractivity contribution in [3.63, 3.8) is 0 Å². The molecular weight excluding hydrogens is 208 g/mol. The Hall–Kier alpha value is -0.0800. The van der Waals surface area contributed by atoms with Gasteiger partial charge in [0.2, 0.25) is 0 Å². The summed E-state index contributed by atoms with van der Waals surface area (Å²) >= 11 is 0. The van der Waals surface area contributed by atoms with E-state index in [1.54, 1.807) is 0 Å². The average molecular weight is 240 g/mol. The number of nitrogens with zero attached hydrogens (tertiary/aromatic N) is 1. The zero-order valence-corrected chi connectivity index (χ0v) is 12.3. The van der Waals surface area contributed by atoms with E-state index in [-0.39, 0.29) is 0 Å². The van der Waals surface area contributed by atoms with Crippen LogP contribution in [0.25, 0.3) is 0 Å². The first-order valence-corrected chi connectivity index (χ1v) is 7.57. The Morgan fingerprint density at radius 3 is 2.65 bits per heavy atom. The smallest absolute Gasteiger partial charge is 0.00669 e. The maximum absolute atomic E-state index is 3.64. The second kappa shape index (κ2) is 8.10. The molecule has 0 radical (unpaired) electrons. The number of hydrogen-bond donors (Lipinski definition) is 1. The molecule has 1 aliphatic heterocycles. The van der Waals surface area contributed by atoms with Crippen molar-refractivity contribution in [2.45, 2.75) is 71.9 Å². The first-order valence-electron chi connectivity index (χ1n) is 7.57. The molecule has 0 aliphatic carbocycles. The molecule has 1 heterocycles. The van der Waals surface area contributed by atoms with Gasteiger partial charge in [-0.2, -0.15) is 0 Å². The van der Waals surface area contributed by atoms with E-state index in [4.69, 9.17) is 0 Å². The minimum absolute atomic E-state index is 0.675. The Bertz CT molecular complexity index is 191. The van der Waals surface area contributed by atoms with Crippen molar-refractivity contribution in [3.8, 4) is 0 Å². The molecule has 2 heteroatoms. The van der Waals surface area contributed by atoms with Gasteiger partial charge in [0.1, 0.15) is 0 Å². The fourth-order valence-electron chi connectivity index (χ4n) is 2.91. The summed E-state index contributed by atoms with van der Waals surface area (Å²) in [6.07, 6.45) is 6.83. The van der Waals surface area contributed by atoms with E-state index in [0.717, 1.165) is 12.0 Å². The SMILES string of the molecule is CC(C)CC(C)NCCCN1CCCCC1C. The molecule has 0 amide bonds. The van der Waals surface area contributed by atoms with E-state index in [2.05, 4.69) is 37.9 Å². The number of nitrogens with one attached hydrogen (secondary N) is 1. The lowest BCUT2D eigenvalue weighted by Crippen LogP contribution is -2.39. The molecule has 0 aromatic rings. The largest absolute Gasteiger partial charge is 0.314 e. The molecule has 2 atom stereocenters. The lowest BCUT2D eigenvalue weighted by Gasteiger charge is -2.33. The van der Waals surface area contributed by atoms with Crippen LogP contribution in [0.3, 0.4) is 0 Å². The van der Waals surface area contributed by atoms with E-state index in [1.807, 2.05) is 0 Å². The molecule has 1 fully saturated rings. The fraction of sp³-hybridized carbons (Fsp3) is 1.00. The molecule has 0 bridgehead atoms. The van der Waals surface area contributed by atoms with Gasteiger partial charge in [0.25, 0.3) is 0 Å². The van der Waals surface area contributed by atoms with Gasteiger partial charge in [-0.05, 0) is 65.1 Å². The highest BCUT2D eigenvalue weighted by Crippen LogP contribution is 2.16. The highest BCUT2D eigenvalue weighted by Gasteiger charge is 2.17. The summed E-state index contributed by atoms with van der Waals surface area (Å²) in [5, 5.41) is 3.64. The summed E-state index contributed by atoms with van der Waals surface area (Å²) in [7, 11) is 0. The summed E-state index contributed by atoms with van der Waals surface area (Å²) in [5.74, 6) is 0.805. The lowest BCUT2D eigenvalue weighted by atomic mass is 10.0. The predicted octanol–water partition coefficient (Wildman–Crippen LogP) is 3.28. The third kappa shape index (κ3) is 6.42. The van der Waals surface area contributed by atoms with Crippen LogP contribution in [0.5, 0.6) is 0 Å². The molecule has 1 N–H and O–H groups in total. The van der Waals surface area contributed by atoms with Crippen LogP contribution in [-0.2, 0) is 0 Å². The summed E-state index contributed by atoms with van der Waals surface area (Å²) in [6, 6.07) is 1.49. The first kappa shape index (κ1) is 15.0. The van der Waals surface area contributed by atoms with Gasteiger partial charge in [-0.25, -0.2) is 0 Å². The summed E-state index contributed by atoms with van der Waals surface area (Å²) in [5.41, 5.74) is 0. The molecule has 102 valence electrons. The quantitative estimate of drug-likeness (QED) is 0.687. The third-order valence-corrected chi connectivity index (χ3v) is 3.88. The van der Waals surface area contributed by atoms with Gasteiger partial charge in [-0.3, -0.25) is 0 Å². The standard InChI is InChI=1S/C15H32N2/c1-13(2)12-14(3)16-9-7-11-17-10-6-5-8-15(17)4/h13-16H,5-12H2,1-4H3. The number of likely N-dealkylation sites (tertiary alicyclic amines) is 1. The van der Waals surface area contributed by atoms with Gasteiger partial charge < -0.3 is 10.2 Å². The van der Waals surface area contributed by atoms with Crippen LogP contribution in [0, 0.1) is 5.92 Å². The Kier molecular flexibility index (Phi) is 7.14. The molecule has 2 unspecified atom stereocenters. The Labute approximate surface area is 108 Å². The Morgan fingerprint density at radius 1 is 1.24 bits per heavy atom. The molecule has 1 rings (SSSR count). The number of rotatable bonds is 7. The van der Waals surface area contributed by atoms with Gasteiger partial charge in [0, 0.05) is 12.1 Å². The molecule has 1 saturated heterocycles. The summed E-state index contributed by atoms with van der Waals surface area (Å²) < 4.78 is 0. The normalized spacial score (nSPS) is 24.2. The predicted molar refractivity (Wildman–Crippen MR) is 76.4 cm³/mol. The van der Waals surface area contributed by atoms with Crippen molar-refractivity contribution < 1.29 is 0 Å². The van der Waals surface area contributed by atoms with Crippen LogP contribution in [-0.4, -0.2) is 36.6 Å². The molecule has 0 spiro atoms. The number of piperidine rings is 1. The molecule has 17 heavy (non-hydrogen) atoms. The van der Waals surface area contributed by atoms with E-state index in [0.29, 0.717) is 6.04 Å². The highest BCUT2D eigenvalue weighted by molar-refractivity contribution is 4.73. The first-order chi connectivity index (χ1) is 8.09. The van der Waals surface area contributed by atoms with Crippen LogP contribution in [0.15, 0.2) is 0 Å². The van der Waals surface area contributed by atoms with Gasteiger partial charge >= 0.3 is 0 Å². The van der Waals surface area contributed by atoms with Crippen LogP contribution in [0.4, 0.5) is 0 Å². The van der Waals surface area contributed by atoms with Crippen molar-refractivity contribution in [2.75, 3.05) is 19.6 Å². The highest BCUT2D eigenvalue weighted by atomic mass is 15.2. The van der Waals surface area contributed by atoms with Crippen LogP contribution in [0.2, 0.25) is 0 Å². The van der Waals surface area contributed by atoms with Crippen LogP contribution >= 0.6 is 0 Å². The zero-order chi connectivity index (χ0) is 12.7. The Morgan fingerprint density at radius 2 is 2.00 bits per heavy atom. The van der Waals surface area contributed by atoms with Gasteiger partial charge in [-0.1, -0.05) is 20.3 Å². The Balaban J connectivity index is 2.03. The van der Waals surface area contributed by atoms with Gasteiger partial charge in [-0.15, -0.1) is 0 Å². The number of hydrogen-bond acceptors (Lipinski definition) is 2. The lowest BCUT2D eigenvalue weighted by molar-refractivity contribution is 0.158. The minimum atomic E-state index is 0.675. The topological polar surface area (TPSA) is 15.3 Å². The molecule has 0 aromatic heterocycles. The second-order valence-electron chi connectivity index (χ2n) is 6.22. The van der Waals surface area contributed by atoms with Crippen molar-refractivity contribution >= 4 is 0 Å². The van der Waals surface area contributed by atoms with E-state index >= 15 is 0 Å². The van der Waals surface area contributed by atoms with Crippen molar-refractivity contribution in [2.24, 2.45) is 5.92 Å². The van der Waals surface area contributed by atoms with E-state index in [1.165, 1.54) is 51.7 Å². The van der Waals surface area contributed by atoms with E-state index < -0.39 is 0 Å². The monoisotopic (exact) mass is 240 g/mol. The van der Waals surface area contributed by atoms with Crippen LogP contribution in [0.1, 0.15) is 59.8 Å². The molecule has 0 saturated carbocycles. The molecule has 2 nitrogen and oxygen atoms in total. The summed E-state index contributed by atoms with van der Waals surface area (Å²) in [4.78, 5) is 2.66. The van der Waals surface area contributed by atoms with Crippen molar-refractivity contribution in [1.82, 2.24) is 10.2 Å². The minimum Gasteiger partial charge on any atom is -0.314 e. The molecular formula is C15H32N2. The van der Waals surface area contributed by atoms with Crippen molar-refractivity contribution in [3.05, 3.63) is 0 Å². The second-order valence-corrected chi connectivity index (χ2v) is 6.22. The summed E-state index contributed by atoms with van der Waals surface area (Å²) in [6.45, 7) is 13.1. The van der Waals surface area contributed by atoms with Gasteiger partial charge in [0.15, 0.2) is 0 Å². The van der Waals surface area contributed by atoms with Crippen molar-refractivity contribution in [1.29, 1.82) is 0 Å². The average Bonchev–Trinajstić information content (AvgIpc) is 2.25. The third-order valence-electron chi connectivity index (χ3n) is 3.88. The zero-order valence-electron chi connectivity index (χ0n) is 12.3. The van der Waals surface area contributed by atoms with E-state index in [9.17, 15) is 0 Å². The maximum atomic E-state index is 3.64. The molecule has 1 aliphatic rings. The maximum Gasteiger partial charge on any atom is 0.00669 e. The van der Waals surface area contributed by atoms with Gasteiger partial charge in [0.05, 0.1) is 0 Å². The van der Waals surface area contributed by atoms with Crippen LogP contribution < -0.4 is 5.32 Å².